The highest BCUT2D eigenvalue weighted by atomic mass is 16.5. The molecule has 1 N–H and O–H groups in total. The maximum Gasteiger partial charge on any atom is 0.352 e. The van der Waals surface area contributed by atoms with Crippen molar-refractivity contribution in [3.8, 4) is 5.69 Å². The predicted molar refractivity (Wildman–Crippen MR) is 170 cm³/mol. The van der Waals surface area contributed by atoms with Gasteiger partial charge in [-0.2, -0.15) is 0 Å². The molecule has 12 nitrogen and oxygen atoms in total. The van der Waals surface area contributed by atoms with Gasteiger partial charge in [0.1, 0.15) is 5.54 Å². The highest BCUT2D eigenvalue weighted by molar-refractivity contribution is 6.11. The quantitative estimate of drug-likeness (QED) is 0.388. The molecule has 2 aliphatic carbocycles. The van der Waals surface area contributed by atoms with Crippen molar-refractivity contribution >= 4 is 23.6 Å². The zero-order chi connectivity index (χ0) is 33.8. The molecule has 2 aromatic carbocycles. The van der Waals surface area contributed by atoms with Crippen LogP contribution in [0.5, 0.6) is 0 Å². The second kappa shape index (κ2) is 11.8. The van der Waals surface area contributed by atoms with Crippen LogP contribution in [0, 0.1) is 17.8 Å². The van der Waals surface area contributed by atoms with Crippen LogP contribution in [0.15, 0.2) is 93.0 Å². The number of rotatable bonds is 7. The molecule has 3 aliphatic rings. The summed E-state index contributed by atoms with van der Waals surface area (Å²) in [5.41, 5.74) is -1.69. The van der Waals surface area contributed by atoms with Gasteiger partial charge >= 0.3 is 23.3 Å². The Bertz CT molecular complexity index is 1970. The molecule has 0 fully saturated rings. The molecule has 6 rings (SSSR count). The maximum absolute atomic E-state index is 15.1. The zero-order valence-corrected chi connectivity index (χ0v) is 26.8. The van der Waals surface area contributed by atoms with Crippen LogP contribution in [-0.2, 0) is 23.9 Å². The second-order valence-corrected chi connectivity index (χ2v) is 12.6. The van der Waals surface area contributed by atoms with Gasteiger partial charge in [-0.25, -0.2) is 28.3 Å². The Kier molecular flexibility index (Phi) is 7.98. The van der Waals surface area contributed by atoms with Crippen LogP contribution in [0.2, 0.25) is 0 Å². The number of fused-ring (bicyclic) bond motifs is 2. The van der Waals surface area contributed by atoms with Gasteiger partial charge in [-0.05, 0) is 49.1 Å². The average molecular weight is 641 g/mol. The number of ketones is 1. The van der Waals surface area contributed by atoms with E-state index in [2.05, 4.69) is 5.32 Å². The van der Waals surface area contributed by atoms with Gasteiger partial charge in [0.25, 0.3) is 5.91 Å². The Morgan fingerprint density at radius 1 is 0.915 bits per heavy atom. The lowest BCUT2D eigenvalue weighted by Crippen LogP contribution is -2.60. The number of ether oxygens (including phenoxy) is 2. The normalized spacial score (nSPS) is 24.6. The van der Waals surface area contributed by atoms with Crippen molar-refractivity contribution in [3.05, 3.63) is 110 Å². The Morgan fingerprint density at radius 2 is 1.53 bits per heavy atom. The summed E-state index contributed by atoms with van der Waals surface area (Å²) in [6.45, 7) is 5.44. The standard InChI is InChI=1S/C35H36N4O8/c1-19(2)18-35(36-30(41)21-12-8-6-9-13-21)28-24(32(43)47-5)16-22(31(42)46-4)17-25-27(28)26(29(35)40)20(3)38-33(44)37(34(45)39(25)38)23-14-10-7-11-15-23/h6-16,19-20,24-25,28H,17-18H2,1-5H3,(H,36,41)/t20-,24+,25+,28+,35-/m0/s1. The van der Waals surface area contributed by atoms with Gasteiger partial charge in [0.2, 0.25) is 0 Å². The van der Waals surface area contributed by atoms with Crippen molar-refractivity contribution in [3.63, 3.8) is 0 Å². The fourth-order valence-corrected chi connectivity index (χ4v) is 7.74. The Morgan fingerprint density at radius 3 is 2.13 bits per heavy atom. The zero-order valence-electron chi connectivity index (χ0n) is 26.8. The Labute approximate surface area is 270 Å². The molecule has 3 aromatic rings. The summed E-state index contributed by atoms with van der Waals surface area (Å²) < 4.78 is 13.9. The first-order valence-corrected chi connectivity index (χ1v) is 15.5. The molecular weight excluding hydrogens is 604 g/mol. The molecule has 2 heterocycles. The van der Waals surface area contributed by atoms with Gasteiger partial charge in [0.15, 0.2) is 5.78 Å². The molecule has 1 aromatic heterocycles. The topological polar surface area (TPSA) is 148 Å². The van der Waals surface area contributed by atoms with Crippen LogP contribution < -0.4 is 16.7 Å². The van der Waals surface area contributed by atoms with Crippen molar-refractivity contribution in [2.24, 2.45) is 17.8 Å². The lowest BCUT2D eigenvalue weighted by Gasteiger charge is -2.40. The van der Waals surface area contributed by atoms with E-state index in [1.165, 1.54) is 29.7 Å². The van der Waals surface area contributed by atoms with E-state index in [-0.39, 0.29) is 29.9 Å². The highest BCUT2D eigenvalue weighted by Gasteiger charge is 2.64. The fraction of sp³-hybridized carbons (Fsp3) is 0.371. The number of carbonyl (C=O) groups is 4. The largest absolute Gasteiger partial charge is 0.469 e. The smallest absolute Gasteiger partial charge is 0.352 e. The van der Waals surface area contributed by atoms with E-state index in [4.69, 9.17) is 9.47 Å². The molecule has 1 amide bonds. The van der Waals surface area contributed by atoms with Crippen LogP contribution in [0.25, 0.3) is 5.69 Å². The Balaban J connectivity index is 1.66. The number of amides is 1. The molecule has 12 heteroatoms. The van der Waals surface area contributed by atoms with E-state index >= 15 is 4.79 Å². The number of nitrogens with zero attached hydrogens (tertiary/aromatic N) is 3. The van der Waals surface area contributed by atoms with Gasteiger partial charge in [-0.15, -0.1) is 0 Å². The van der Waals surface area contributed by atoms with E-state index in [9.17, 15) is 24.0 Å². The van der Waals surface area contributed by atoms with Crippen molar-refractivity contribution < 1.29 is 28.7 Å². The van der Waals surface area contributed by atoms with Gasteiger partial charge in [0.05, 0.1) is 37.9 Å². The van der Waals surface area contributed by atoms with Crippen LogP contribution in [-0.4, -0.2) is 57.3 Å². The summed E-state index contributed by atoms with van der Waals surface area (Å²) in [4.78, 5) is 84.3. The van der Waals surface area contributed by atoms with Crippen molar-refractivity contribution in [2.75, 3.05) is 14.2 Å². The minimum Gasteiger partial charge on any atom is -0.469 e. The molecular formula is C35H36N4O8. The van der Waals surface area contributed by atoms with E-state index in [0.717, 1.165) is 4.57 Å². The number of aromatic nitrogens is 3. The van der Waals surface area contributed by atoms with Crippen LogP contribution in [0.4, 0.5) is 0 Å². The van der Waals surface area contributed by atoms with E-state index in [0.29, 0.717) is 16.8 Å². The first-order chi connectivity index (χ1) is 22.5. The molecule has 47 heavy (non-hydrogen) atoms. The molecule has 244 valence electrons. The monoisotopic (exact) mass is 640 g/mol. The molecule has 0 radical (unpaired) electrons. The lowest BCUT2D eigenvalue weighted by atomic mass is 9.69. The number of nitrogens with one attached hydrogen (secondary N) is 1. The van der Waals surface area contributed by atoms with Gasteiger partial charge in [-0.1, -0.05) is 56.3 Å². The first kappa shape index (κ1) is 31.7. The second-order valence-electron chi connectivity index (χ2n) is 12.6. The maximum atomic E-state index is 15.1. The average Bonchev–Trinajstić information content (AvgIpc) is 3.37. The number of methoxy groups -OCH3 is 2. The lowest BCUT2D eigenvalue weighted by molar-refractivity contribution is -0.146. The third-order valence-electron chi connectivity index (χ3n) is 9.46. The molecule has 0 spiro atoms. The third-order valence-corrected chi connectivity index (χ3v) is 9.46. The van der Waals surface area contributed by atoms with E-state index < -0.39 is 64.5 Å². The summed E-state index contributed by atoms with van der Waals surface area (Å²) in [7, 11) is 2.41. The van der Waals surface area contributed by atoms with Crippen LogP contribution in [0.1, 0.15) is 56.1 Å². The van der Waals surface area contributed by atoms with Gasteiger partial charge < -0.3 is 14.8 Å². The summed E-state index contributed by atoms with van der Waals surface area (Å²) >= 11 is 0. The van der Waals surface area contributed by atoms with E-state index in [1.807, 2.05) is 13.8 Å². The molecule has 0 saturated carbocycles. The summed E-state index contributed by atoms with van der Waals surface area (Å²) in [5.74, 6) is -4.89. The summed E-state index contributed by atoms with van der Waals surface area (Å²) in [6.07, 6.45) is 1.40. The Hall–Kier alpha value is -5.26. The number of hydrogen-bond donors (Lipinski definition) is 1. The first-order valence-electron chi connectivity index (χ1n) is 15.5. The van der Waals surface area contributed by atoms with Crippen molar-refractivity contribution in [2.45, 2.75) is 51.2 Å². The van der Waals surface area contributed by atoms with Crippen LogP contribution in [0.3, 0.4) is 0 Å². The highest BCUT2D eigenvalue weighted by Crippen LogP contribution is 2.56. The molecule has 0 saturated heterocycles. The molecule has 1 aliphatic heterocycles. The summed E-state index contributed by atoms with van der Waals surface area (Å²) in [6, 6.07) is 14.8. The number of esters is 2. The third kappa shape index (κ3) is 4.81. The number of hydrogen-bond acceptors (Lipinski definition) is 8. The minimum atomic E-state index is -1.69. The van der Waals surface area contributed by atoms with Gasteiger partial charge in [-0.3, -0.25) is 14.4 Å². The van der Waals surface area contributed by atoms with Gasteiger partial charge in [0, 0.05) is 29.0 Å². The van der Waals surface area contributed by atoms with Crippen molar-refractivity contribution in [1.29, 1.82) is 0 Å². The van der Waals surface area contributed by atoms with Crippen LogP contribution >= 0.6 is 0 Å². The predicted octanol–water partition coefficient (Wildman–Crippen LogP) is 2.92. The SMILES string of the molecule is COC(=O)C1=C[C@@H](C(=O)OC)[C@@H]2C3=C(C(=O)[C@@]2(CC(C)C)NC(=O)c2ccccc2)[C@H](C)n2c(=O)n(-c4ccccc4)c(=O)n2[C@@H]3C1. The number of Topliss-reactive ketones (excluding diaryl/α,β-unsaturated/α-hetero) is 1. The minimum absolute atomic E-state index is 0.0716. The number of para-hydroxylation sites is 1. The molecule has 0 unspecified atom stereocenters. The number of carbonyl (C=O) groups excluding carboxylic acids is 4. The number of benzene rings is 2. The summed E-state index contributed by atoms with van der Waals surface area (Å²) in [5, 5.41) is 3.04. The molecule has 0 bridgehead atoms. The fourth-order valence-electron chi connectivity index (χ4n) is 7.74. The van der Waals surface area contributed by atoms with E-state index in [1.54, 1.807) is 67.6 Å². The van der Waals surface area contributed by atoms with Crippen molar-refractivity contribution in [1.82, 2.24) is 19.2 Å². The molecule has 5 atom stereocenters.